The van der Waals surface area contributed by atoms with Gasteiger partial charge in [-0.05, 0) is 54.2 Å². The maximum Gasteiger partial charge on any atom is 0.309 e. The van der Waals surface area contributed by atoms with Gasteiger partial charge in [-0.15, -0.1) is 0 Å². The number of carbonyl (C=O) groups excluding carboxylic acids is 1. The number of cyclic esters (lactones) is 1. The van der Waals surface area contributed by atoms with E-state index in [4.69, 9.17) is 9.72 Å². The highest BCUT2D eigenvalue weighted by molar-refractivity contribution is 5.78. The topological polar surface area (TPSA) is 59.4 Å². The lowest BCUT2D eigenvalue weighted by molar-refractivity contribution is -0.156. The summed E-state index contributed by atoms with van der Waals surface area (Å²) in [6.45, 7) is 4.26. The number of hydrogen-bond donors (Lipinski definition) is 1. The molecule has 0 amide bonds. The van der Waals surface area contributed by atoms with Crippen LogP contribution in [0, 0.1) is 5.82 Å². The van der Waals surface area contributed by atoms with Gasteiger partial charge in [0.05, 0.1) is 18.2 Å². The normalized spacial score (nSPS) is 22.5. The second kappa shape index (κ2) is 9.95. The lowest BCUT2D eigenvalue weighted by Crippen LogP contribution is -2.31. The third-order valence-electron chi connectivity index (χ3n) is 6.50. The van der Waals surface area contributed by atoms with Crippen LogP contribution >= 0.6 is 0 Å². The molecule has 1 saturated carbocycles. The average molecular weight is 438 g/mol. The molecule has 5 heteroatoms. The number of ether oxygens (including phenoxy) is 1. The number of aliphatic hydroxyl groups is 1. The molecule has 0 bridgehead atoms. The van der Waals surface area contributed by atoms with E-state index < -0.39 is 12.2 Å². The predicted octanol–water partition coefficient (Wildman–Crippen LogP) is 6.14. The largest absolute Gasteiger partial charge is 0.458 e. The highest BCUT2D eigenvalue weighted by Crippen LogP contribution is 2.38. The molecule has 1 aliphatic heterocycles. The van der Waals surface area contributed by atoms with Crippen molar-refractivity contribution in [2.45, 2.75) is 82.8 Å². The number of rotatable bonds is 5. The summed E-state index contributed by atoms with van der Waals surface area (Å²) in [5.41, 5.74) is 5.02. The Kier molecular flexibility index (Phi) is 7.04. The van der Waals surface area contributed by atoms with E-state index in [1.54, 1.807) is 12.1 Å². The SMILES string of the molecule is CC(C)c1nc(C2CCCCC2)cc(-c2ccc(F)cc2)c1C=C[C@@H]1C[C@@H](O)CC(=O)O1. The fourth-order valence-corrected chi connectivity index (χ4v) is 4.82. The van der Waals surface area contributed by atoms with Crippen molar-refractivity contribution in [3.63, 3.8) is 0 Å². The summed E-state index contributed by atoms with van der Waals surface area (Å²) in [4.78, 5) is 16.9. The molecule has 4 rings (SSSR count). The number of carbonyl (C=O) groups is 1. The van der Waals surface area contributed by atoms with Gasteiger partial charge in [0, 0.05) is 23.6 Å². The Labute approximate surface area is 189 Å². The highest BCUT2D eigenvalue weighted by atomic mass is 19.1. The van der Waals surface area contributed by atoms with E-state index in [0.29, 0.717) is 12.3 Å². The number of nitrogens with zero attached hydrogens (tertiary/aromatic N) is 1. The number of esters is 1. The molecule has 1 aliphatic carbocycles. The van der Waals surface area contributed by atoms with Crippen LogP contribution in [0.25, 0.3) is 17.2 Å². The summed E-state index contributed by atoms with van der Waals surface area (Å²) < 4.78 is 19.0. The van der Waals surface area contributed by atoms with Gasteiger partial charge in [0.1, 0.15) is 11.9 Å². The van der Waals surface area contributed by atoms with Gasteiger partial charge in [-0.3, -0.25) is 9.78 Å². The number of hydrogen-bond acceptors (Lipinski definition) is 4. The first-order valence-corrected chi connectivity index (χ1v) is 11.8. The van der Waals surface area contributed by atoms with Crippen molar-refractivity contribution in [3.8, 4) is 11.1 Å². The van der Waals surface area contributed by atoms with Gasteiger partial charge in [-0.1, -0.05) is 51.3 Å². The Bertz CT molecular complexity index is 977. The third kappa shape index (κ3) is 5.26. The van der Waals surface area contributed by atoms with E-state index in [2.05, 4.69) is 19.9 Å². The van der Waals surface area contributed by atoms with Gasteiger partial charge in [-0.25, -0.2) is 4.39 Å². The first-order valence-electron chi connectivity index (χ1n) is 11.8. The molecule has 1 N–H and O–H groups in total. The molecular weight excluding hydrogens is 405 g/mol. The van der Waals surface area contributed by atoms with E-state index in [-0.39, 0.29) is 24.1 Å². The Morgan fingerprint density at radius 2 is 1.88 bits per heavy atom. The van der Waals surface area contributed by atoms with E-state index in [0.717, 1.165) is 40.9 Å². The molecule has 32 heavy (non-hydrogen) atoms. The molecule has 1 aromatic heterocycles. The van der Waals surface area contributed by atoms with Crippen molar-refractivity contribution < 1.29 is 19.0 Å². The number of aliphatic hydroxyl groups excluding tert-OH is 1. The zero-order valence-corrected chi connectivity index (χ0v) is 18.9. The first kappa shape index (κ1) is 22.7. The van der Waals surface area contributed by atoms with Gasteiger partial charge in [-0.2, -0.15) is 0 Å². The van der Waals surface area contributed by atoms with Crippen LogP contribution in [0.15, 0.2) is 36.4 Å². The number of halogens is 1. The minimum Gasteiger partial charge on any atom is -0.458 e. The maximum absolute atomic E-state index is 13.6. The summed E-state index contributed by atoms with van der Waals surface area (Å²) in [6.07, 6.45) is 9.13. The first-order chi connectivity index (χ1) is 15.4. The Morgan fingerprint density at radius 3 is 2.53 bits per heavy atom. The molecule has 170 valence electrons. The number of pyridine rings is 1. The molecule has 0 radical (unpaired) electrons. The molecule has 0 unspecified atom stereocenters. The monoisotopic (exact) mass is 437 g/mol. The van der Waals surface area contributed by atoms with Gasteiger partial charge < -0.3 is 9.84 Å². The van der Waals surface area contributed by atoms with Crippen molar-refractivity contribution in [1.82, 2.24) is 4.98 Å². The predicted molar refractivity (Wildman–Crippen MR) is 124 cm³/mol. The standard InChI is InChI=1S/C27H32FNO3/c1-17(2)27-23(13-12-22-14-21(30)15-26(31)32-22)24(18-8-10-20(28)11-9-18)16-25(29-27)19-6-4-3-5-7-19/h8-13,16-17,19,21-22,30H,3-7,14-15H2,1-2H3/t21-,22-/m1/s1. The third-order valence-corrected chi connectivity index (χ3v) is 6.50. The molecular formula is C27H32FNO3. The highest BCUT2D eigenvalue weighted by Gasteiger charge is 2.26. The molecule has 1 saturated heterocycles. The van der Waals surface area contributed by atoms with Gasteiger partial charge in [0.25, 0.3) is 0 Å². The molecule has 2 aliphatic rings. The Balaban J connectivity index is 1.79. The summed E-state index contributed by atoms with van der Waals surface area (Å²) >= 11 is 0. The molecule has 2 atom stereocenters. The zero-order chi connectivity index (χ0) is 22.7. The van der Waals surface area contributed by atoms with Gasteiger partial charge in [0.15, 0.2) is 0 Å². The van der Waals surface area contributed by atoms with Crippen molar-refractivity contribution in [2.75, 3.05) is 0 Å². The number of aromatic nitrogens is 1. The lowest BCUT2D eigenvalue weighted by atomic mass is 9.84. The zero-order valence-electron chi connectivity index (χ0n) is 18.9. The van der Waals surface area contributed by atoms with Crippen LogP contribution in [0.1, 0.15) is 87.6 Å². The van der Waals surface area contributed by atoms with E-state index in [9.17, 15) is 14.3 Å². The summed E-state index contributed by atoms with van der Waals surface area (Å²) in [6, 6.07) is 8.74. The minimum atomic E-state index is -0.682. The van der Waals surface area contributed by atoms with Crippen molar-refractivity contribution in [1.29, 1.82) is 0 Å². The minimum absolute atomic E-state index is 0.0417. The Morgan fingerprint density at radius 1 is 1.16 bits per heavy atom. The van der Waals surface area contributed by atoms with Crippen molar-refractivity contribution >= 4 is 12.0 Å². The van der Waals surface area contributed by atoms with E-state index in [1.165, 1.54) is 31.4 Å². The molecule has 0 spiro atoms. The summed E-state index contributed by atoms with van der Waals surface area (Å²) in [7, 11) is 0. The van der Waals surface area contributed by atoms with Gasteiger partial charge >= 0.3 is 5.97 Å². The van der Waals surface area contributed by atoms with Crippen molar-refractivity contribution in [2.24, 2.45) is 0 Å². The van der Waals surface area contributed by atoms with Crippen LogP contribution in [0.5, 0.6) is 0 Å². The quantitative estimate of drug-likeness (QED) is 0.571. The van der Waals surface area contributed by atoms with Crippen LogP contribution in [-0.4, -0.2) is 28.3 Å². The second-order valence-electron chi connectivity index (χ2n) is 9.37. The van der Waals surface area contributed by atoms with Crippen molar-refractivity contribution in [3.05, 3.63) is 59.2 Å². The Hall–Kier alpha value is -2.53. The fraction of sp³-hybridized carbons (Fsp3) is 0.481. The number of benzene rings is 1. The van der Waals surface area contributed by atoms with Crippen LogP contribution in [0.4, 0.5) is 4.39 Å². The smallest absolute Gasteiger partial charge is 0.309 e. The van der Waals surface area contributed by atoms with Gasteiger partial charge in [0.2, 0.25) is 0 Å². The summed E-state index contributed by atoms with van der Waals surface area (Å²) in [5.74, 6) is -0.00332. The second-order valence-corrected chi connectivity index (χ2v) is 9.37. The molecule has 2 fully saturated rings. The molecule has 1 aromatic carbocycles. The van der Waals surface area contributed by atoms with E-state index in [1.807, 2.05) is 12.2 Å². The van der Waals surface area contributed by atoms with E-state index >= 15 is 0 Å². The van der Waals surface area contributed by atoms with Crippen LogP contribution in [0.3, 0.4) is 0 Å². The molecule has 4 nitrogen and oxygen atoms in total. The molecule has 2 aromatic rings. The van der Waals surface area contributed by atoms with Crippen LogP contribution in [0.2, 0.25) is 0 Å². The maximum atomic E-state index is 13.6. The fourth-order valence-electron chi connectivity index (χ4n) is 4.82. The summed E-state index contributed by atoms with van der Waals surface area (Å²) in [5, 5.41) is 9.95. The molecule has 2 heterocycles. The average Bonchev–Trinajstić information content (AvgIpc) is 2.77. The lowest BCUT2D eigenvalue weighted by Gasteiger charge is -2.25. The van der Waals surface area contributed by atoms with Crippen LogP contribution < -0.4 is 0 Å². The van der Waals surface area contributed by atoms with Crippen LogP contribution in [-0.2, 0) is 9.53 Å².